The highest BCUT2D eigenvalue weighted by atomic mass is 32.2. The number of thioether (sulfide) groups is 1. The summed E-state index contributed by atoms with van der Waals surface area (Å²) < 4.78 is 1.51. The molecule has 16 heavy (non-hydrogen) atoms. The molecule has 6 nitrogen and oxygen atoms in total. The predicted octanol–water partition coefficient (Wildman–Crippen LogP) is 1.94. The van der Waals surface area contributed by atoms with Crippen molar-refractivity contribution in [3.05, 3.63) is 46.9 Å². The summed E-state index contributed by atoms with van der Waals surface area (Å²) in [7, 11) is 0. The number of pyridine rings is 1. The molecule has 0 aliphatic carbocycles. The summed E-state index contributed by atoms with van der Waals surface area (Å²) >= 11 is 1.47. The average Bonchev–Trinajstić information content (AvgIpc) is 2.76. The standard InChI is InChI=1S/C9H8N4O2S/c14-13(15)8-5-11-12(6-8)7-16-9-3-1-2-4-10-9/h1-6H,7H2. The highest BCUT2D eigenvalue weighted by molar-refractivity contribution is 7.98. The fraction of sp³-hybridized carbons (Fsp3) is 0.111. The Hall–Kier alpha value is -1.89. The number of nitrogens with zero attached hydrogens (tertiary/aromatic N) is 4. The molecule has 2 rings (SSSR count). The molecule has 82 valence electrons. The van der Waals surface area contributed by atoms with Crippen LogP contribution in [0.4, 0.5) is 5.69 Å². The molecule has 0 atom stereocenters. The lowest BCUT2D eigenvalue weighted by atomic mass is 10.5. The molecule has 0 aliphatic rings. The topological polar surface area (TPSA) is 73.8 Å². The molecular weight excluding hydrogens is 228 g/mol. The van der Waals surface area contributed by atoms with Crippen LogP contribution in [-0.2, 0) is 5.88 Å². The van der Waals surface area contributed by atoms with E-state index in [1.54, 1.807) is 6.20 Å². The van der Waals surface area contributed by atoms with Crippen LogP contribution in [0.15, 0.2) is 41.8 Å². The summed E-state index contributed by atoms with van der Waals surface area (Å²) in [6.07, 6.45) is 4.34. The molecule has 0 unspecified atom stereocenters. The summed E-state index contributed by atoms with van der Waals surface area (Å²) in [6, 6.07) is 5.60. The lowest BCUT2D eigenvalue weighted by Crippen LogP contribution is -1.94. The van der Waals surface area contributed by atoms with Crippen LogP contribution < -0.4 is 0 Å². The Morgan fingerprint density at radius 3 is 3.00 bits per heavy atom. The van der Waals surface area contributed by atoms with Gasteiger partial charge in [-0.25, -0.2) is 4.98 Å². The third-order valence-corrected chi connectivity index (χ3v) is 2.74. The van der Waals surface area contributed by atoms with Crippen molar-refractivity contribution in [1.29, 1.82) is 0 Å². The molecule has 0 N–H and O–H groups in total. The normalized spacial score (nSPS) is 10.2. The van der Waals surface area contributed by atoms with Gasteiger partial charge in [0.15, 0.2) is 0 Å². The summed E-state index contributed by atoms with van der Waals surface area (Å²) in [5.74, 6) is 0.505. The van der Waals surface area contributed by atoms with E-state index in [0.29, 0.717) is 5.88 Å². The van der Waals surface area contributed by atoms with Crippen LogP contribution in [0.25, 0.3) is 0 Å². The van der Waals surface area contributed by atoms with Gasteiger partial charge in [-0.1, -0.05) is 17.8 Å². The molecule has 0 amide bonds. The molecule has 0 saturated carbocycles. The van der Waals surface area contributed by atoms with Gasteiger partial charge >= 0.3 is 5.69 Å². The second-order valence-corrected chi connectivity index (χ2v) is 3.90. The SMILES string of the molecule is O=[N+]([O-])c1cnn(CSc2ccccn2)c1. The van der Waals surface area contributed by atoms with Gasteiger partial charge in [0.2, 0.25) is 0 Å². The Labute approximate surface area is 95.5 Å². The van der Waals surface area contributed by atoms with Crippen molar-refractivity contribution < 1.29 is 4.92 Å². The molecule has 0 radical (unpaired) electrons. The van der Waals surface area contributed by atoms with Gasteiger partial charge in [0.1, 0.15) is 12.4 Å². The number of hydrogen-bond acceptors (Lipinski definition) is 5. The maximum atomic E-state index is 10.4. The maximum Gasteiger partial charge on any atom is 0.307 e. The summed E-state index contributed by atoms with van der Waals surface area (Å²) in [4.78, 5) is 14.1. The Kier molecular flexibility index (Phi) is 3.16. The van der Waals surface area contributed by atoms with Gasteiger partial charge in [-0.15, -0.1) is 0 Å². The van der Waals surface area contributed by atoms with Gasteiger partial charge in [-0.2, -0.15) is 5.10 Å². The van der Waals surface area contributed by atoms with Crippen molar-refractivity contribution in [2.45, 2.75) is 10.9 Å². The van der Waals surface area contributed by atoms with E-state index in [0.717, 1.165) is 5.03 Å². The van der Waals surface area contributed by atoms with E-state index in [-0.39, 0.29) is 5.69 Å². The fourth-order valence-corrected chi connectivity index (χ4v) is 1.80. The largest absolute Gasteiger partial charge is 0.307 e. The highest BCUT2D eigenvalue weighted by Gasteiger charge is 2.08. The zero-order chi connectivity index (χ0) is 11.4. The van der Waals surface area contributed by atoms with E-state index >= 15 is 0 Å². The molecule has 0 bridgehead atoms. The third kappa shape index (κ3) is 2.57. The highest BCUT2D eigenvalue weighted by Crippen LogP contribution is 2.17. The van der Waals surface area contributed by atoms with Gasteiger partial charge in [-0.05, 0) is 12.1 Å². The van der Waals surface area contributed by atoms with Gasteiger partial charge in [-0.3, -0.25) is 14.8 Å². The lowest BCUT2D eigenvalue weighted by Gasteiger charge is -1.99. The van der Waals surface area contributed by atoms with Crippen molar-refractivity contribution in [3.63, 3.8) is 0 Å². The third-order valence-electron chi connectivity index (χ3n) is 1.81. The number of hydrogen-bond donors (Lipinski definition) is 0. The molecule has 2 heterocycles. The molecule has 7 heteroatoms. The Bertz CT molecular complexity index is 485. The molecule has 0 fully saturated rings. The quantitative estimate of drug-likeness (QED) is 0.460. The Balaban J connectivity index is 1.97. The fourth-order valence-electron chi connectivity index (χ4n) is 1.08. The van der Waals surface area contributed by atoms with E-state index in [2.05, 4.69) is 10.1 Å². The van der Waals surface area contributed by atoms with Crippen LogP contribution >= 0.6 is 11.8 Å². The van der Waals surface area contributed by atoms with Crippen molar-refractivity contribution in [3.8, 4) is 0 Å². The number of nitro groups is 1. The summed E-state index contributed by atoms with van der Waals surface area (Å²) in [6.45, 7) is 0. The summed E-state index contributed by atoms with van der Waals surface area (Å²) in [5.41, 5.74) is 0.00150. The van der Waals surface area contributed by atoms with Crippen molar-refractivity contribution >= 4 is 17.4 Å². The average molecular weight is 236 g/mol. The van der Waals surface area contributed by atoms with E-state index in [4.69, 9.17) is 0 Å². The Morgan fingerprint density at radius 2 is 2.38 bits per heavy atom. The molecule has 0 aliphatic heterocycles. The zero-order valence-electron chi connectivity index (χ0n) is 8.18. The smallest absolute Gasteiger partial charge is 0.258 e. The molecule has 0 saturated heterocycles. The van der Waals surface area contributed by atoms with Crippen LogP contribution in [0.1, 0.15) is 0 Å². The minimum atomic E-state index is -0.463. The first kappa shape index (κ1) is 10.6. The number of aromatic nitrogens is 3. The van der Waals surface area contributed by atoms with E-state index in [1.165, 1.54) is 28.8 Å². The minimum Gasteiger partial charge on any atom is -0.258 e. The van der Waals surface area contributed by atoms with Crippen LogP contribution in [0, 0.1) is 10.1 Å². The van der Waals surface area contributed by atoms with Gasteiger partial charge < -0.3 is 0 Å². The minimum absolute atomic E-state index is 0.00150. The molecule has 2 aromatic rings. The molecule has 0 aromatic carbocycles. The van der Waals surface area contributed by atoms with Crippen molar-refractivity contribution in [2.75, 3.05) is 0 Å². The molecule has 0 spiro atoms. The zero-order valence-corrected chi connectivity index (χ0v) is 9.00. The first-order chi connectivity index (χ1) is 7.75. The maximum absolute atomic E-state index is 10.4. The van der Waals surface area contributed by atoms with E-state index in [1.807, 2.05) is 18.2 Å². The molecule has 2 aromatic heterocycles. The van der Waals surface area contributed by atoms with Crippen molar-refractivity contribution in [2.24, 2.45) is 0 Å². The van der Waals surface area contributed by atoms with Gasteiger partial charge in [0.05, 0.1) is 15.8 Å². The lowest BCUT2D eigenvalue weighted by molar-refractivity contribution is -0.385. The number of rotatable bonds is 4. The van der Waals surface area contributed by atoms with Crippen LogP contribution in [0.2, 0.25) is 0 Å². The first-order valence-corrected chi connectivity index (χ1v) is 5.45. The van der Waals surface area contributed by atoms with Gasteiger partial charge in [0.25, 0.3) is 0 Å². The second kappa shape index (κ2) is 4.75. The van der Waals surface area contributed by atoms with Crippen molar-refractivity contribution in [1.82, 2.24) is 14.8 Å². The predicted molar refractivity (Wildman–Crippen MR) is 59.0 cm³/mol. The van der Waals surface area contributed by atoms with E-state index < -0.39 is 4.92 Å². The first-order valence-electron chi connectivity index (χ1n) is 4.46. The van der Waals surface area contributed by atoms with Crippen LogP contribution in [-0.4, -0.2) is 19.7 Å². The van der Waals surface area contributed by atoms with Crippen LogP contribution in [0.5, 0.6) is 0 Å². The Morgan fingerprint density at radius 1 is 1.50 bits per heavy atom. The monoisotopic (exact) mass is 236 g/mol. The van der Waals surface area contributed by atoms with E-state index in [9.17, 15) is 10.1 Å². The summed E-state index contributed by atoms with van der Waals surface area (Å²) in [5, 5.41) is 15.2. The second-order valence-electron chi connectivity index (χ2n) is 2.94. The molecular formula is C9H8N4O2S. The van der Waals surface area contributed by atoms with Gasteiger partial charge in [0, 0.05) is 6.20 Å². The van der Waals surface area contributed by atoms with Crippen LogP contribution in [0.3, 0.4) is 0 Å².